The van der Waals surface area contributed by atoms with Crippen LogP contribution in [0.1, 0.15) is 21.6 Å². The Hall–Kier alpha value is -2.88. The second-order valence-corrected chi connectivity index (χ2v) is 9.27. The van der Waals surface area contributed by atoms with Gasteiger partial charge in [-0.15, -0.1) is 0 Å². The Morgan fingerprint density at radius 1 is 0.938 bits per heavy atom. The van der Waals surface area contributed by atoms with Crippen molar-refractivity contribution in [3.8, 4) is 0 Å². The van der Waals surface area contributed by atoms with E-state index in [1.807, 2.05) is 0 Å². The first-order chi connectivity index (χ1) is 15.0. The molecule has 164 valence electrons. The summed E-state index contributed by atoms with van der Waals surface area (Å²) in [5.41, 5.74) is -2.33. The Bertz CT molecular complexity index is 1450. The molecule has 32 heavy (non-hydrogen) atoms. The second kappa shape index (κ2) is 7.91. The van der Waals surface area contributed by atoms with E-state index in [-0.39, 0.29) is 26.0 Å². The highest BCUT2D eigenvalue weighted by atomic mass is 35.5. The van der Waals surface area contributed by atoms with E-state index < -0.39 is 38.8 Å². The van der Waals surface area contributed by atoms with Crippen molar-refractivity contribution in [1.29, 1.82) is 0 Å². The molecule has 2 aromatic carbocycles. The number of nitrogens with zero attached hydrogens (tertiary/aromatic N) is 2. The summed E-state index contributed by atoms with van der Waals surface area (Å²) in [5.74, 6) is -0.883. The Kier molecular flexibility index (Phi) is 5.52. The maximum absolute atomic E-state index is 13.4. The van der Waals surface area contributed by atoms with Gasteiger partial charge in [0.05, 0.1) is 37.1 Å². The number of pyridine rings is 1. The van der Waals surface area contributed by atoms with E-state index in [2.05, 4.69) is 4.98 Å². The van der Waals surface area contributed by atoms with Crippen molar-refractivity contribution >= 4 is 50.0 Å². The molecular formula is C21H11Cl2F3N2O3S. The fourth-order valence-corrected chi connectivity index (χ4v) is 5.25. The first kappa shape index (κ1) is 22.3. The highest BCUT2D eigenvalue weighted by Crippen LogP contribution is 2.34. The minimum Gasteiger partial charge on any atom is -0.287 e. The van der Waals surface area contributed by atoms with Gasteiger partial charge >= 0.3 is 6.18 Å². The predicted octanol–water partition coefficient (Wildman–Crippen LogP) is 5.83. The van der Waals surface area contributed by atoms with Crippen LogP contribution >= 0.6 is 23.2 Å². The summed E-state index contributed by atoms with van der Waals surface area (Å²) < 4.78 is 67.3. The molecule has 0 spiro atoms. The van der Waals surface area contributed by atoms with Crippen molar-refractivity contribution < 1.29 is 26.4 Å². The molecule has 0 aliphatic heterocycles. The molecule has 11 heteroatoms. The van der Waals surface area contributed by atoms with Gasteiger partial charge in [0.25, 0.3) is 10.0 Å². The van der Waals surface area contributed by atoms with E-state index in [9.17, 15) is 26.4 Å². The molecule has 0 unspecified atom stereocenters. The molecule has 4 aromatic rings. The lowest BCUT2D eigenvalue weighted by Crippen LogP contribution is -2.19. The summed E-state index contributed by atoms with van der Waals surface area (Å²) in [6.45, 7) is 0. The average molecular weight is 499 g/mol. The number of rotatable bonds is 4. The summed E-state index contributed by atoms with van der Waals surface area (Å²) in [5, 5.41) is -0.0827. The van der Waals surface area contributed by atoms with Gasteiger partial charge in [0, 0.05) is 6.20 Å². The SMILES string of the molecule is O=C(c1c(Cl)cccc1Cl)c1cc2ncc(C(F)(F)F)cc2n1S(=O)(=O)c1ccccc1. The topological polar surface area (TPSA) is 69.0 Å². The maximum Gasteiger partial charge on any atom is 0.417 e. The quantitative estimate of drug-likeness (QED) is 0.332. The van der Waals surface area contributed by atoms with Gasteiger partial charge in [-0.2, -0.15) is 13.2 Å². The molecule has 0 radical (unpaired) electrons. The molecule has 0 fully saturated rings. The van der Waals surface area contributed by atoms with Crippen LogP contribution in [0.2, 0.25) is 10.0 Å². The highest BCUT2D eigenvalue weighted by molar-refractivity contribution is 7.90. The van der Waals surface area contributed by atoms with Crippen molar-refractivity contribution in [2.75, 3.05) is 0 Å². The molecule has 0 bridgehead atoms. The lowest BCUT2D eigenvalue weighted by molar-refractivity contribution is -0.137. The third-order valence-corrected chi connectivity index (χ3v) is 7.01. The van der Waals surface area contributed by atoms with E-state index in [4.69, 9.17) is 23.2 Å². The van der Waals surface area contributed by atoms with E-state index >= 15 is 0 Å². The molecule has 0 aliphatic carbocycles. The van der Waals surface area contributed by atoms with Crippen LogP contribution in [-0.4, -0.2) is 23.2 Å². The van der Waals surface area contributed by atoms with Gasteiger partial charge in [-0.05, 0) is 36.4 Å². The van der Waals surface area contributed by atoms with Crippen LogP contribution in [-0.2, 0) is 16.2 Å². The Morgan fingerprint density at radius 2 is 1.56 bits per heavy atom. The molecule has 0 saturated heterocycles. The minimum absolute atomic E-state index is 0.0413. The number of hydrogen-bond acceptors (Lipinski definition) is 4. The van der Waals surface area contributed by atoms with Gasteiger partial charge in [-0.25, -0.2) is 12.4 Å². The molecule has 4 rings (SSSR count). The highest BCUT2D eigenvalue weighted by Gasteiger charge is 2.34. The first-order valence-corrected chi connectivity index (χ1v) is 11.1. The molecule has 0 aliphatic rings. The third kappa shape index (κ3) is 3.76. The van der Waals surface area contributed by atoms with Gasteiger partial charge in [-0.3, -0.25) is 9.78 Å². The second-order valence-electron chi connectivity index (χ2n) is 6.66. The van der Waals surface area contributed by atoms with Crippen molar-refractivity contribution in [3.63, 3.8) is 0 Å². The zero-order chi connectivity index (χ0) is 23.3. The van der Waals surface area contributed by atoms with Crippen LogP contribution in [0.15, 0.2) is 71.8 Å². The zero-order valence-electron chi connectivity index (χ0n) is 15.8. The zero-order valence-corrected chi connectivity index (χ0v) is 18.1. The standard InChI is InChI=1S/C21H11Cl2F3N2O3S/c22-14-7-4-8-15(23)19(14)20(29)18-10-16-17(9-12(11-27-16)21(24,25)26)28(18)32(30,31)13-5-2-1-3-6-13/h1-11H. The van der Waals surface area contributed by atoms with Crippen LogP contribution in [0.3, 0.4) is 0 Å². The van der Waals surface area contributed by atoms with E-state index in [0.29, 0.717) is 16.2 Å². The number of alkyl halides is 3. The summed E-state index contributed by atoms with van der Waals surface area (Å²) >= 11 is 12.2. The van der Waals surface area contributed by atoms with E-state index in [1.165, 1.54) is 42.5 Å². The number of ketones is 1. The normalized spacial score (nSPS) is 12.3. The molecule has 2 heterocycles. The number of benzene rings is 2. The molecule has 2 aromatic heterocycles. The maximum atomic E-state index is 13.4. The van der Waals surface area contributed by atoms with Crippen LogP contribution in [0, 0.1) is 0 Å². The minimum atomic E-state index is -4.77. The molecule has 0 saturated carbocycles. The van der Waals surface area contributed by atoms with Crippen LogP contribution < -0.4 is 0 Å². The Balaban J connectivity index is 2.08. The van der Waals surface area contributed by atoms with Crippen LogP contribution in [0.5, 0.6) is 0 Å². The summed E-state index contributed by atoms with van der Waals surface area (Å²) in [4.78, 5) is 16.8. The number of aromatic nitrogens is 2. The number of hydrogen-bond donors (Lipinski definition) is 0. The van der Waals surface area contributed by atoms with Crippen molar-refractivity contribution in [1.82, 2.24) is 8.96 Å². The Labute approximate surface area is 190 Å². The number of fused-ring (bicyclic) bond motifs is 1. The third-order valence-electron chi connectivity index (χ3n) is 4.64. The van der Waals surface area contributed by atoms with E-state index in [0.717, 1.165) is 6.07 Å². The van der Waals surface area contributed by atoms with Gasteiger partial charge < -0.3 is 0 Å². The lowest BCUT2D eigenvalue weighted by Gasteiger charge is -2.13. The monoisotopic (exact) mass is 498 g/mol. The Morgan fingerprint density at radius 3 is 2.16 bits per heavy atom. The number of halogens is 5. The van der Waals surface area contributed by atoms with Gasteiger partial charge in [0.2, 0.25) is 5.78 Å². The first-order valence-electron chi connectivity index (χ1n) is 8.90. The van der Waals surface area contributed by atoms with Gasteiger partial charge in [0.15, 0.2) is 0 Å². The van der Waals surface area contributed by atoms with E-state index in [1.54, 1.807) is 6.07 Å². The number of carbonyl (C=O) groups excluding carboxylic acids is 1. The van der Waals surface area contributed by atoms with Crippen LogP contribution in [0.25, 0.3) is 11.0 Å². The average Bonchev–Trinajstić information content (AvgIpc) is 3.13. The predicted molar refractivity (Wildman–Crippen MR) is 114 cm³/mol. The van der Waals surface area contributed by atoms with Crippen molar-refractivity contribution in [3.05, 3.63) is 93.7 Å². The summed E-state index contributed by atoms with van der Waals surface area (Å²) in [6, 6.07) is 13.0. The van der Waals surface area contributed by atoms with Crippen molar-refractivity contribution in [2.45, 2.75) is 11.1 Å². The van der Waals surface area contributed by atoms with Gasteiger partial charge in [0.1, 0.15) is 5.69 Å². The van der Waals surface area contributed by atoms with Crippen molar-refractivity contribution in [2.24, 2.45) is 0 Å². The smallest absolute Gasteiger partial charge is 0.287 e. The fraction of sp³-hybridized carbons (Fsp3) is 0.0476. The van der Waals surface area contributed by atoms with Gasteiger partial charge in [-0.1, -0.05) is 47.5 Å². The summed E-state index contributed by atoms with van der Waals surface area (Å²) in [7, 11) is -4.49. The molecular weight excluding hydrogens is 488 g/mol. The van der Waals surface area contributed by atoms with Crippen LogP contribution in [0.4, 0.5) is 13.2 Å². The molecule has 0 amide bonds. The molecule has 5 nitrogen and oxygen atoms in total. The fourth-order valence-electron chi connectivity index (χ4n) is 3.17. The summed E-state index contributed by atoms with van der Waals surface area (Å²) in [6.07, 6.45) is -4.21. The molecule has 0 N–H and O–H groups in total. The number of carbonyl (C=O) groups is 1. The largest absolute Gasteiger partial charge is 0.417 e. The molecule has 0 atom stereocenters. The lowest BCUT2D eigenvalue weighted by atomic mass is 10.1.